The predicted octanol–water partition coefficient (Wildman–Crippen LogP) is 0.105. The highest BCUT2D eigenvalue weighted by Crippen LogP contribution is 2.39. The standard InChI is InChI=1S/C18H27NO8/c1-4-18(23,5-2)12-13(20)14(21)17(26-15(12)16(22)27-19)25-11-8-6-10(24-3)7-9-11/h6-9,12-15,17,20-21,23H,4-5,19H2,1-3H3/t12-,13?,14+,15?,17-/m1/s1. The molecule has 1 fully saturated rings. The zero-order valence-corrected chi connectivity index (χ0v) is 15.6. The van der Waals surface area contributed by atoms with E-state index in [-0.39, 0.29) is 12.8 Å². The lowest BCUT2D eigenvalue weighted by molar-refractivity contribution is -0.284. The maximum absolute atomic E-state index is 12.1. The summed E-state index contributed by atoms with van der Waals surface area (Å²) in [5, 5.41) is 32.0. The lowest BCUT2D eigenvalue weighted by Crippen LogP contribution is -2.65. The molecular weight excluding hydrogens is 358 g/mol. The number of aliphatic hydroxyl groups excluding tert-OH is 2. The number of methoxy groups -OCH3 is 1. The molecule has 9 nitrogen and oxygen atoms in total. The minimum atomic E-state index is -1.51. The number of ether oxygens (including phenoxy) is 3. The van der Waals surface area contributed by atoms with Crippen LogP contribution in [0.15, 0.2) is 24.3 Å². The average molecular weight is 385 g/mol. The van der Waals surface area contributed by atoms with Crippen molar-refractivity contribution in [1.82, 2.24) is 0 Å². The summed E-state index contributed by atoms with van der Waals surface area (Å²) in [4.78, 5) is 16.4. The molecule has 0 bridgehead atoms. The van der Waals surface area contributed by atoms with Crippen LogP contribution in [0.4, 0.5) is 0 Å². The van der Waals surface area contributed by atoms with Gasteiger partial charge in [-0.2, -0.15) is 5.90 Å². The topological polar surface area (TPSA) is 141 Å². The molecule has 1 aliphatic rings. The summed E-state index contributed by atoms with van der Waals surface area (Å²) in [5.41, 5.74) is -1.47. The van der Waals surface area contributed by atoms with Gasteiger partial charge in [-0.15, -0.1) is 0 Å². The van der Waals surface area contributed by atoms with Crippen molar-refractivity contribution < 1.29 is 39.2 Å². The molecule has 1 aliphatic heterocycles. The van der Waals surface area contributed by atoms with E-state index in [0.29, 0.717) is 11.5 Å². The molecular formula is C18H27NO8. The highest BCUT2D eigenvalue weighted by atomic mass is 16.7. The fourth-order valence-corrected chi connectivity index (χ4v) is 3.34. The first kappa shape index (κ1) is 21.4. The van der Waals surface area contributed by atoms with E-state index in [0.717, 1.165) is 0 Å². The second-order valence-corrected chi connectivity index (χ2v) is 6.47. The fraction of sp³-hybridized carbons (Fsp3) is 0.611. The molecule has 1 saturated heterocycles. The van der Waals surface area contributed by atoms with Crippen LogP contribution in [-0.4, -0.2) is 58.6 Å². The molecule has 2 rings (SSSR count). The zero-order valence-electron chi connectivity index (χ0n) is 15.6. The van der Waals surface area contributed by atoms with Gasteiger partial charge in [-0.1, -0.05) is 13.8 Å². The van der Waals surface area contributed by atoms with Crippen molar-refractivity contribution in [3.63, 3.8) is 0 Å². The van der Waals surface area contributed by atoms with E-state index >= 15 is 0 Å². The molecule has 2 unspecified atom stereocenters. The van der Waals surface area contributed by atoms with Gasteiger partial charge in [0, 0.05) is 0 Å². The Bertz CT molecular complexity index is 618. The predicted molar refractivity (Wildman–Crippen MR) is 93.6 cm³/mol. The van der Waals surface area contributed by atoms with Gasteiger partial charge in [-0.3, -0.25) is 0 Å². The van der Waals surface area contributed by atoms with Crippen LogP contribution in [0, 0.1) is 5.92 Å². The SMILES string of the molecule is CCC(O)(CC)[C@H]1C(C(=O)ON)O[C@@H](Oc2ccc(OC)cc2)[C@@H](O)C1O. The van der Waals surface area contributed by atoms with Gasteiger partial charge >= 0.3 is 5.97 Å². The summed E-state index contributed by atoms with van der Waals surface area (Å²) in [6, 6.07) is 6.45. The lowest BCUT2D eigenvalue weighted by Gasteiger charge is -2.47. The molecule has 0 radical (unpaired) electrons. The monoisotopic (exact) mass is 385 g/mol. The summed E-state index contributed by atoms with van der Waals surface area (Å²) in [7, 11) is 1.52. The summed E-state index contributed by atoms with van der Waals surface area (Å²) < 4.78 is 16.2. The van der Waals surface area contributed by atoms with E-state index in [1.165, 1.54) is 7.11 Å². The Morgan fingerprint density at radius 1 is 1.15 bits per heavy atom. The third kappa shape index (κ3) is 4.33. The largest absolute Gasteiger partial charge is 0.497 e. The van der Waals surface area contributed by atoms with Crippen LogP contribution in [0.25, 0.3) is 0 Å². The highest BCUT2D eigenvalue weighted by Gasteiger charge is 2.56. The van der Waals surface area contributed by atoms with E-state index in [4.69, 9.17) is 20.1 Å². The van der Waals surface area contributed by atoms with Crippen molar-refractivity contribution in [1.29, 1.82) is 0 Å². The number of rotatable bonds is 7. The van der Waals surface area contributed by atoms with Crippen LogP contribution in [-0.2, 0) is 14.4 Å². The van der Waals surface area contributed by atoms with Crippen molar-refractivity contribution in [2.45, 2.75) is 56.9 Å². The van der Waals surface area contributed by atoms with E-state index in [1.807, 2.05) is 0 Å². The van der Waals surface area contributed by atoms with Crippen molar-refractivity contribution in [3.05, 3.63) is 24.3 Å². The Morgan fingerprint density at radius 3 is 2.19 bits per heavy atom. The number of carbonyl (C=O) groups excluding carboxylic acids is 1. The van der Waals surface area contributed by atoms with Gasteiger partial charge in [0.15, 0.2) is 6.10 Å². The highest BCUT2D eigenvalue weighted by molar-refractivity contribution is 5.75. The van der Waals surface area contributed by atoms with Gasteiger partial charge in [0.25, 0.3) is 0 Å². The van der Waals surface area contributed by atoms with Gasteiger partial charge < -0.3 is 34.4 Å². The molecule has 5 atom stereocenters. The Balaban J connectivity index is 2.28. The summed E-state index contributed by atoms with van der Waals surface area (Å²) in [6.45, 7) is 3.40. The quantitative estimate of drug-likeness (QED) is 0.481. The molecule has 27 heavy (non-hydrogen) atoms. The van der Waals surface area contributed by atoms with Crippen LogP contribution in [0.3, 0.4) is 0 Å². The Labute approximate surface area is 157 Å². The minimum absolute atomic E-state index is 0.222. The number of carbonyl (C=O) groups is 1. The molecule has 1 aromatic rings. The third-order valence-corrected chi connectivity index (χ3v) is 5.11. The smallest absolute Gasteiger partial charge is 0.354 e. The normalized spacial score (nSPS) is 28.5. The molecule has 0 amide bonds. The van der Waals surface area contributed by atoms with Gasteiger partial charge in [0.05, 0.1) is 24.7 Å². The van der Waals surface area contributed by atoms with Crippen LogP contribution >= 0.6 is 0 Å². The number of benzene rings is 1. The lowest BCUT2D eigenvalue weighted by atomic mass is 9.73. The summed E-state index contributed by atoms with van der Waals surface area (Å²) in [5.74, 6) is 3.80. The van der Waals surface area contributed by atoms with E-state index in [1.54, 1.807) is 38.1 Å². The molecule has 152 valence electrons. The second-order valence-electron chi connectivity index (χ2n) is 6.47. The molecule has 1 heterocycles. The van der Waals surface area contributed by atoms with Gasteiger partial charge in [0.2, 0.25) is 6.29 Å². The van der Waals surface area contributed by atoms with Gasteiger partial charge in [0.1, 0.15) is 17.6 Å². The first-order valence-electron chi connectivity index (χ1n) is 8.76. The molecule has 0 spiro atoms. The zero-order chi connectivity index (χ0) is 20.2. The fourth-order valence-electron chi connectivity index (χ4n) is 3.34. The van der Waals surface area contributed by atoms with Crippen molar-refractivity contribution in [2.24, 2.45) is 11.8 Å². The van der Waals surface area contributed by atoms with Crippen LogP contribution in [0.5, 0.6) is 11.5 Å². The van der Waals surface area contributed by atoms with Crippen LogP contribution < -0.4 is 15.4 Å². The summed E-state index contributed by atoms with van der Waals surface area (Å²) in [6.07, 6.45) is -5.35. The second kappa shape index (κ2) is 8.85. The van der Waals surface area contributed by atoms with Crippen LogP contribution in [0.2, 0.25) is 0 Å². The molecule has 9 heteroatoms. The minimum Gasteiger partial charge on any atom is -0.497 e. The Hall–Kier alpha value is -1.91. The van der Waals surface area contributed by atoms with Crippen molar-refractivity contribution in [2.75, 3.05) is 7.11 Å². The van der Waals surface area contributed by atoms with E-state index in [2.05, 4.69) is 4.84 Å². The number of aliphatic hydroxyl groups is 3. The Kier molecular flexibility index (Phi) is 7.01. The third-order valence-electron chi connectivity index (χ3n) is 5.11. The first-order valence-corrected chi connectivity index (χ1v) is 8.76. The maximum atomic E-state index is 12.1. The number of hydrogen-bond acceptors (Lipinski definition) is 9. The molecule has 1 aromatic carbocycles. The van der Waals surface area contributed by atoms with Gasteiger partial charge in [-0.25, -0.2) is 4.79 Å². The average Bonchev–Trinajstić information content (AvgIpc) is 2.70. The maximum Gasteiger partial charge on any atom is 0.354 e. The Morgan fingerprint density at radius 2 is 1.70 bits per heavy atom. The van der Waals surface area contributed by atoms with Gasteiger partial charge in [-0.05, 0) is 37.1 Å². The molecule has 5 N–H and O–H groups in total. The molecule has 0 aromatic heterocycles. The van der Waals surface area contributed by atoms with E-state index < -0.39 is 42.1 Å². The number of hydrogen-bond donors (Lipinski definition) is 4. The summed E-state index contributed by atoms with van der Waals surface area (Å²) >= 11 is 0. The molecule has 0 saturated carbocycles. The number of nitrogens with two attached hydrogens (primary N) is 1. The first-order chi connectivity index (χ1) is 12.8. The van der Waals surface area contributed by atoms with Crippen molar-refractivity contribution in [3.8, 4) is 11.5 Å². The van der Waals surface area contributed by atoms with Crippen molar-refractivity contribution >= 4 is 5.97 Å². The van der Waals surface area contributed by atoms with Crippen LogP contribution in [0.1, 0.15) is 26.7 Å². The molecule has 0 aliphatic carbocycles. The van der Waals surface area contributed by atoms with E-state index in [9.17, 15) is 20.1 Å².